The molecule has 0 aromatic heterocycles. The van der Waals surface area contributed by atoms with E-state index in [4.69, 9.17) is 4.74 Å². The van der Waals surface area contributed by atoms with E-state index in [1.807, 2.05) is 0 Å². The van der Waals surface area contributed by atoms with E-state index < -0.39 is 30.1 Å². The Hall–Kier alpha value is -3.29. The monoisotopic (exact) mass is 362 g/mol. The smallest absolute Gasteiger partial charge is 0.338 e. The van der Waals surface area contributed by atoms with Crippen molar-refractivity contribution in [1.29, 1.82) is 0 Å². The van der Waals surface area contributed by atoms with Gasteiger partial charge in [0.15, 0.2) is 6.61 Å². The van der Waals surface area contributed by atoms with Gasteiger partial charge in [-0.2, -0.15) is 0 Å². The molecule has 0 saturated carbocycles. The molecule has 8 heteroatoms. The lowest BCUT2D eigenvalue weighted by atomic mass is 10.2. The van der Waals surface area contributed by atoms with E-state index in [2.05, 4.69) is 5.32 Å². The summed E-state index contributed by atoms with van der Waals surface area (Å²) in [5, 5.41) is 2.48. The summed E-state index contributed by atoms with van der Waals surface area (Å²) in [5.74, 6) is -3.69. The third-order valence-corrected chi connectivity index (χ3v) is 3.25. The summed E-state index contributed by atoms with van der Waals surface area (Å²) >= 11 is 0. The molecule has 0 aliphatic heterocycles. The molecule has 0 saturated heterocycles. The first-order chi connectivity index (χ1) is 12.3. The number of anilines is 1. The molecule has 26 heavy (non-hydrogen) atoms. The molecule has 0 fully saturated rings. The fourth-order valence-electron chi connectivity index (χ4n) is 2.04. The highest BCUT2D eigenvalue weighted by molar-refractivity contribution is 5.97. The third-order valence-electron chi connectivity index (χ3n) is 3.25. The Morgan fingerprint density at radius 1 is 0.962 bits per heavy atom. The lowest BCUT2D eigenvalue weighted by Gasteiger charge is -2.11. The molecule has 0 heterocycles. The zero-order valence-electron chi connectivity index (χ0n) is 14.1. The van der Waals surface area contributed by atoms with E-state index in [1.54, 1.807) is 26.2 Å². The summed E-state index contributed by atoms with van der Waals surface area (Å²) in [4.78, 5) is 36.7. The SMILES string of the molecule is CN(C)C(=O)c1ccc(NC(=O)COC(=O)c2cc(F)cc(F)c2)cc1. The van der Waals surface area contributed by atoms with E-state index in [-0.39, 0.29) is 11.5 Å². The molecular formula is C18H16F2N2O4. The van der Waals surface area contributed by atoms with E-state index in [0.29, 0.717) is 17.3 Å². The van der Waals surface area contributed by atoms with Crippen LogP contribution >= 0.6 is 0 Å². The highest BCUT2D eigenvalue weighted by Gasteiger charge is 2.13. The van der Waals surface area contributed by atoms with Crippen molar-refractivity contribution in [2.75, 3.05) is 26.0 Å². The standard InChI is InChI=1S/C18H16F2N2O4/c1-22(2)17(24)11-3-5-15(6-4-11)21-16(23)10-26-18(25)12-7-13(19)9-14(20)8-12/h3-9H,10H2,1-2H3,(H,21,23). The van der Waals surface area contributed by atoms with Crippen LogP contribution in [0.25, 0.3) is 0 Å². The van der Waals surface area contributed by atoms with Crippen molar-refractivity contribution in [2.45, 2.75) is 0 Å². The zero-order valence-corrected chi connectivity index (χ0v) is 14.1. The van der Waals surface area contributed by atoms with Gasteiger partial charge in [-0.05, 0) is 36.4 Å². The number of hydrogen-bond acceptors (Lipinski definition) is 4. The van der Waals surface area contributed by atoms with Gasteiger partial charge in [-0.15, -0.1) is 0 Å². The lowest BCUT2D eigenvalue weighted by molar-refractivity contribution is -0.119. The second-order valence-corrected chi connectivity index (χ2v) is 5.56. The number of carbonyl (C=O) groups excluding carboxylic acids is 3. The molecule has 1 N–H and O–H groups in total. The Balaban J connectivity index is 1.90. The molecule has 0 spiro atoms. The lowest BCUT2D eigenvalue weighted by Crippen LogP contribution is -2.22. The third kappa shape index (κ3) is 5.10. The number of nitrogens with one attached hydrogen (secondary N) is 1. The van der Waals surface area contributed by atoms with E-state index >= 15 is 0 Å². The van der Waals surface area contributed by atoms with Crippen LogP contribution in [0.3, 0.4) is 0 Å². The number of carbonyl (C=O) groups is 3. The number of rotatable bonds is 5. The van der Waals surface area contributed by atoms with Crippen LogP contribution in [-0.2, 0) is 9.53 Å². The Bertz CT molecular complexity index is 815. The Labute approximate surface area is 148 Å². The van der Waals surface area contributed by atoms with Crippen molar-refractivity contribution in [3.63, 3.8) is 0 Å². The Morgan fingerprint density at radius 2 is 1.54 bits per heavy atom. The average Bonchev–Trinajstić information content (AvgIpc) is 2.58. The Morgan fingerprint density at radius 3 is 2.08 bits per heavy atom. The second-order valence-electron chi connectivity index (χ2n) is 5.56. The summed E-state index contributed by atoms with van der Waals surface area (Å²) in [5.41, 5.74) is 0.521. The summed E-state index contributed by atoms with van der Waals surface area (Å²) in [7, 11) is 3.24. The van der Waals surface area contributed by atoms with E-state index in [9.17, 15) is 23.2 Å². The molecule has 2 aromatic carbocycles. The van der Waals surface area contributed by atoms with Crippen LogP contribution in [0, 0.1) is 11.6 Å². The van der Waals surface area contributed by atoms with Gasteiger partial charge < -0.3 is 15.0 Å². The molecular weight excluding hydrogens is 346 g/mol. The molecule has 0 radical (unpaired) electrons. The van der Waals surface area contributed by atoms with E-state index in [1.165, 1.54) is 17.0 Å². The molecule has 0 aliphatic rings. The minimum Gasteiger partial charge on any atom is -0.452 e. The molecule has 6 nitrogen and oxygen atoms in total. The van der Waals surface area contributed by atoms with Crippen molar-refractivity contribution in [3.8, 4) is 0 Å². The molecule has 0 unspecified atom stereocenters. The summed E-state index contributed by atoms with van der Waals surface area (Å²) in [6.07, 6.45) is 0. The number of esters is 1. The number of ether oxygens (including phenoxy) is 1. The Kier molecular flexibility index (Phi) is 6.00. The second kappa shape index (κ2) is 8.19. The molecule has 2 aromatic rings. The van der Waals surface area contributed by atoms with Gasteiger partial charge in [-0.3, -0.25) is 9.59 Å². The maximum atomic E-state index is 13.1. The number of halogens is 2. The average molecular weight is 362 g/mol. The van der Waals surface area contributed by atoms with Gasteiger partial charge in [0.1, 0.15) is 11.6 Å². The van der Waals surface area contributed by atoms with Gasteiger partial charge in [0.25, 0.3) is 11.8 Å². The largest absolute Gasteiger partial charge is 0.452 e. The molecule has 0 atom stereocenters. The predicted octanol–water partition coefficient (Wildman–Crippen LogP) is 2.46. The fourth-order valence-corrected chi connectivity index (χ4v) is 2.04. The van der Waals surface area contributed by atoms with Gasteiger partial charge >= 0.3 is 5.97 Å². The quantitative estimate of drug-likeness (QED) is 0.829. The van der Waals surface area contributed by atoms with Gasteiger partial charge in [-0.1, -0.05) is 0 Å². The van der Waals surface area contributed by atoms with E-state index in [0.717, 1.165) is 12.1 Å². The summed E-state index contributed by atoms with van der Waals surface area (Å²) in [6, 6.07) is 8.37. The number of hydrogen-bond donors (Lipinski definition) is 1. The molecule has 2 amide bonds. The molecule has 0 bridgehead atoms. The minimum absolute atomic E-state index is 0.181. The minimum atomic E-state index is -1.02. The van der Waals surface area contributed by atoms with Crippen LogP contribution < -0.4 is 5.32 Å². The van der Waals surface area contributed by atoms with Crippen LogP contribution in [0.2, 0.25) is 0 Å². The highest BCUT2D eigenvalue weighted by Crippen LogP contribution is 2.12. The van der Waals surface area contributed by atoms with Gasteiger partial charge in [-0.25, -0.2) is 13.6 Å². The van der Waals surface area contributed by atoms with Crippen molar-refractivity contribution in [3.05, 3.63) is 65.2 Å². The molecule has 136 valence electrons. The summed E-state index contributed by atoms with van der Waals surface area (Å²) < 4.78 is 30.8. The van der Waals surface area contributed by atoms with Crippen molar-refractivity contribution < 1.29 is 27.9 Å². The molecule has 2 rings (SSSR count). The van der Waals surface area contributed by atoms with Crippen molar-refractivity contribution >= 4 is 23.5 Å². The first-order valence-corrected chi connectivity index (χ1v) is 7.51. The normalized spacial score (nSPS) is 10.2. The van der Waals surface area contributed by atoms with Crippen molar-refractivity contribution in [1.82, 2.24) is 4.90 Å². The first-order valence-electron chi connectivity index (χ1n) is 7.51. The summed E-state index contributed by atoms with van der Waals surface area (Å²) in [6.45, 7) is -0.630. The van der Waals surface area contributed by atoms with Crippen LogP contribution in [-0.4, -0.2) is 43.4 Å². The van der Waals surface area contributed by atoms with Crippen LogP contribution in [0.4, 0.5) is 14.5 Å². The van der Waals surface area contributed by atoms with Crippen LogP contribution in [0.15, 0.2) is 42.5 Å². The zero-order chi connectivity index (χ0) is 19.3. The fraction of sp³-hybridized carbons (Fsp3) is 0.167. The highest BCUT2D eigenvalue weighted by atomic mass is 19.1. The van der Waals surface area contributed by atoms with Crippen LogP contribution in [0.1, 0.15) is 20.7 Å². The van der Waals surface area contributed by atoms with Gasteiger partial charge in [0, 0.05) is 31.4 Å². The maximum absolute atomic E-state index is 13.1. The first kappa shape index (κ1) is 19.0. The predicted molar refractivity (Wildman–Crippen MR) is 89.7 cm³/mol. The van der Waals surface area contributed by atoms with Gasteiger partial charge in [0.2, 0.25) is 0 Å². The molecule has 0 aliphatic carbocycles. The maximum Gasteiger partial charge on any atom is 0.338 e. The topological polar surface area (TPSA) is 75.7 Å². The van der Waals surface area contributed by atoms with Crippen molar-refractivity contribution in [2.24, 2.45) is 0 Å². The van der Waals surface area contributed by atoms with Gasteiger partial charge in [0.05, 0.1) is 5.56 Å². The van der Waals surface area contributed by atoms with Crippen LogP contribution in [0.5, 0.6) is 0 Å². The number of nitrogens with zero attached hydrogens (tertiary/aromatic N) is 1. The number of amides is 2. The number of benzene rings is 2.